The highest BCUT2D eigenvalue weighted by Crippen LogP contribution is 2.24. The third kappa shape index (κ3) is 4.21. The molecule has 0 saturated heterocycles. The number of hydrogen-bond donors (Lipinski definition) is 1. The molecule has 0 fully saturated rings. The Morgan fingerprint density at radius 1 is 1.33 bits per heavy atom. The minimum absolute atomic E-state index is 0.0178. The van der Waals surface area contributed by atoms with E-state index in [0.717, 1.165) is 23.9 Å². The van der Waals surface area contributed by atoms with Crippen LogP contribution in [0.25, 0.3) is 0 Å². The van der Waals surface area contributed by atoms with Crippen molar-refractivity contribution in [3.8, 4) is 0 Å². The van der Waals surface area contributed by atoms with Crippen molar-refractivity contribution in [1.82, 2.24) is 9.36 Å². The van der Waals surface area contributed by atoms with Gasteiger partial charge in [-0.15, -0.1) is 0 Å². The highest BCUT2D eigenvalue weighted by molar-refractivity contribution is 7.09. The van der Waals surface area contributed by atoms with Crippen LogP contribution in [0.3, 0.4) is 0 Å². The van der Waals surface area contributed by atoms with Crippen LogP contribution in [0.4, 0.5) is 5.13 Å². The first-order valence-corrected chi connectivity index (χ1v) is 7.30. The lowest BCUT2D eigenvalue weighted by molar-refractivity contribution is 0.466. The molecule has 1 atom stereocenters. The molecule has 0 bridgehead atoms. The fourth-order valence-corrected chi connectivity index (χ4v) is 2.29. The Bertz CT molecular complexity index is 367. The Morgan fingerprint density at radius 3 is 2.39 bits per heavy atom. The molecule has 104 valence electrons. The molecule has 0 saturated carbocycles. The zero-order chi connectivity index (χ0) is 13.9. The average molecular weight is 270 g/mol. The summed E-state index contributed by atoms with van der Waals surface area (Å²) in [5.41, 5.74) is 6.08. The summed E-state index contributed by atoms with van der Waals surface area (Å²) in [5.74, 6) is 1.44. The van der Waals surface area contributed by atoms with Gasteiger partial charge in [-0.05, 0) is 12.3 Å². The van der Waals surface area contributed by atoms with Gasteiger partial charge in [0.2, 0.25) is 5.13 Å². The van der Waals surface area contributed by atoms with Gasteiger partial charge in [0.05, 0.1) is 0 Å². The summed E-state index contributed by atoms with van der Waals surface area (Å²) in [7, 11) is 2.06. The van der Waals surface area contributed by atoms with Crippen LogP contribution < -0.4 is 10.6 Å². The fraction of sp³-hybridized carbons (Fsp3) is 0.846. The monoisotopic (exact) mass is 270 g/mol. The lowest BCUT2D eigenvalue weighted by Crippen LogP contribution is -2.31. The standard InChI is InChI=1S/C13H26N4S/c1-9(2)10(14)7-8-17(6)12-15-11(16-18-12)13(3,4)5/h9-10H,7-8,14H2,1-6H3. The van der Waals surface area contributed by atoms with Crippen LogP contribution in [0.5, 0.6) is 0 Å². The average Bonchev–Trinajstić information content (AvgIpc) is 2.73. The molecule has 0 aliphatic carbocycles. The molecule has 18 heavy (non-hydrogen) atoms. The number of anilines is 1. The van der Waals surface area contributed by atoms with Gasteiger partial charge >= 0.3 is 0 Å². The molecule has 1 unspecified atom stereocenters. The molecule has 4 nitrogen and oxygen atoms in total. The molecule has 0 aliphatic heterocycles. The summed E-state index contributed by atoms with van der Waals surface area (Å²) in [4.78, 5) is 6.74. The number of nitrogens with zero attached hydrogens (tertiary/aromatic N) is 3. The first-order valence-electron chi connectivity index (χ1n) is 6.52. The Kier molecular flexibility index (Phi) is 5.10. The molecule has 0 radical (unpaired) electrons. The van der Waals surface area contributed by atoms with Gasteiger partial charge in [-0.25, -0.2) is 4.98 Å². The SMILES string of the molecule is CC(C)C(N)CCN(C)c1nc(C(C)(C)C)ns1. The van der Waals surface area contributed by atoms with Gasteiger partial charge in [0, 0.05) is 36.6 Å². The van der Waals surface area contributed by atoms with E-state index >= 15 is 0 Å². The number of hydrogen-bond acceptors (Lipinski definition) is 5. The normalized spacial score (nSPS) is 14.0. The summed E-state index contributed by atoms with van der Waals surface area (Å²) in [6, 6.07) is 0.252. The van der Waals surface area contributed by atoms with E-state index in [9.17, 15) is 0 Å². The van der Waals surface area contributed by atoms with E-state index in [4.69, 9.17) is 5.73 Å². The predicted octanol–water partition coefficient (Wildman–Crippen LogP) is 2.65. The molecule has 1 aromatic rings. The molecular weight excluding hydrogens is 244 g/mol. The minimum atomic E-state index is 0.0178. The van der Waals surface area contributed by atoms with Crippen molar-refractivity contribution in [2.45, 2.75) is 52.5 Å². The van der Waals surface area contributed by atoms with E-state index in [1.165, 1.54) is 11.5 Å². The quantitative estimate of drug-likeness (QED) is 0.893. The van der Waals surface area contributed by atoms with E-state index in [1.807, 2.05) is 0 Å². The number of aromatic nitrogens is 2. The largest absolute Gasteiger partial charge is 0.350 e. The second kappa shape index (κ2) is 5.97. The Morgan fingerprint density at radius 2 is 1.94 bits per heavy atom. The molecular formula is C13H26N4S. The van der Waals surface area contributed by atoms with Gasteiger partial charge in [0.25, 0.3) is 0 Å². The maximum Gasteiger partial charge on any atom is 0.204 e. The molecule has 1 aromatic heterocycles. The van der Waals surface area contributed by atoms with Crippen LogP contribution >= 0.6 is 11.5 Å². The summed E-state index contributed by atoms with van der Waals surface area (Å²) >= 11 is 1.47. The van der Waals surface area contributed by atoms with E-state index in [0.29, 0.717) is 5.92 Å². The third-order valence-corrected chi connectivity index (χ3v) is 3.90. The number of nitrogens with two attached hydrogens (primary N) is 1. The molecule has 0 amide bonds. The Hall–Kier alpha value is -0.680. The van der Waals surface area contributed by atoms with E-state index < -0.39 is 0 Å². The molecule has 1 rings (SSSR count). The maximum atomic E-state index is 6.06. The fourth-order valence-electron chi connectivity index (χ4n) is 1.45. The van der Waals surface area contributed by atoms with Gasteiger partial charge < -0.3 is 10.6 Å². The second-order valence-electron chi connectivity index (χ2n) is 6.27. The highest BCUT2D eigenvalue weighted by Gasteiger charge is 2.20. The molecule has 1 heterocycles. The van der Waals surface area contributed by atoms with Gasteiger partial charge in [-0.2, -0.15) is 4.37 Å². The lowest BCUT2D eigenvalue weighted by Gasteiger charge is -2.20. The van der Waals surface area contributed by atoms with Crippen LogP contribution in [-0.2, 0) is 5.41 Å². The van der Waals surface area contributed by atoms with Crippen LogP contribution in [0.1, 0.15) is 46.9 Å². The van der Waals surface area contributed by atoms with Crippen molar-refractivity contribution in [3.05, 3.63) is 5.82 Å². The van der Waals surface area contributed by atoms with Crippen molar-refractivity contribution >= 4 is 16.7 Å². The van der Waals surface area contributed by atoms with Crippen LogP contribution in [0, 0.1) is 5.92 Å². The molecule has 0 spiro atoms. The third-order valence-electron chi connectivity index (χ3n) is 3.07. The first kappa shape index (κ1) is 15.4. The Balaban J connectivity index is 2.57. The van der Waals surface area contributed by atoms with Crippen LogP contribution in [0.15, 0.2) is 0 Å². The summed E-state index contributed by atoms with van der Waals surface area (Å²) in [6.07, 6.45) is 0.985. The van der Waals surface area contributed by atoms with E-state index in [-0.39, 0.29) is 11.5 Å². The predicted molar refractivity (Wildman–Crippen MR) is 79.3 cm³/mol. The summed E-state index contributed by atoms with van der Waals surface area (Å²) < 4.78 is 4.43. The van der Waals surface area contributed by atoms with Gasteiger partial charge in [-0.1, -0.05) is 34.6 Å². The van der Waals surface area contributed by atoms with Crippen molar-refractivity contribution < 1.29 is 0 Å². The second-order valence-corrected chi connectivity index (χ2v) is 7.00. The highest BCUT2D eigenvalue weighted by atomic mass is 32.1. The molecule has 0 aliphatic rings. The van der Waals surface area contributed by atoms with Crippen LogP contribution in [-0.4, -0.2) is 29.0 Å². The smallest absolute Gasteiger partial charge is 0.204 e. The van der Waals surface area contributed by atoms with Crippen molar-refractivity contribution in [3.63, 3.8) is 0 Å². The molecule has 5 heteroatoms. The lowest BCUT2D eigenvalue weighted by atomic mass is 9.96. The first-order chi connectivity index (χ1) is 8.21. The van der Waals surface area contributed by atoms with Gasteiger partial charge in [0.1, 0.15) is 5.82 Å². The summed E-state index contributed by atoms with van der Waals surface area (Å²) in [6.45, 7) is 11.6. The summed E-state index contributed by atoms with van der Waals surface area (Å²) in [5, 5.41) is 0.982. The topological polar surface area (TPSA) is 55.0 Å². The molecule has 0 aromatic carbocycles. The number of rotatable bonds is 5. The van der Waals surface area contributed by atoms with E-state index in [2.05, 4.69) is 55.9 Å². The van der Waals surface area contributed by atoms with E-state index in [1.54, 1.807) is 0 Å². The van der Waals surface area contributed by atoms with Crippen LogP contribution in [0.2, 0.25) is 0 Å². The van der Waals surface area contributed by atoms with Crippen molar-refractivity contribution in [2.75, 3.05) is 18.5 Å². The van der Waals surface area contributed by atoms with Crippen molar-refractivity contribution in [2.24, 2.45) is 11.7 Å². The van der Waals surface area contributed by atoms with Gasteiger partial charge in [0.15, 0.2) is 0 Å². The molecule has 2 N–H and O–H groups in total. The van der Waals surface area contributed by atoms with Gasteiger partial charge in [-0.3, -0.25) is 0 Å². The minimum Gasteiger partial charge on any atom is -0.350 e. The zero-order valence-electron chi connectivity index (χ0n) is 12.4. The maximum absolute atomic E-state index is 6.06. The Labute approximate surface area is 115 Å². The zero-order valence-corrected chi connectivity index (χ0v) is 13.2. The van der Waals surface area contributed by atoms with Crippen molar-refractivity contribution in [1.29, 1.82) is 0 Å².